The lowest BCUT2D eigenvalue weighted by atomic mass is 10.2. The van der Waals surface area contributed by atoms with Gasteiger partial charge in [-0.25, -0.2) is 17.5 Å². The summed E-state index contributed by atoms with van der Waals surface area (Å²) in [5.41, 5.74) is 6.92. The number of hydrogen-bond donors (Lipinski definition) is 1. The maximum absolute atomic E-state index is 13.0. The third-order valence-electron chi connectivity index (χ3n) is 2.56. The van der Waals surface area contributed by atoms with E-state index in [9.17, 15) is 12.8 Å². The number of sulfone groups is 1. The number of aromatic nitrogens is 2. The van der Waals surface area contributed by atoms with Crippen LogP contribution >= 0.6 is 0 Å². The molecule has 0 saturated heterocycles. The zero-order chi connectivity index (χ0) is 13.5. The molecule has 0 atom stereocenters. The van der Waals surface area contributed by atoms with Gasteiger partial charge in [-0.05, 0) is 30.7 Å². The maximum Gasteiger partial charge on any atom is 0.180 e. The van der Waals surface area contributed by atoms with E-state index in [2.05, 4.69) is 5.10 Å². The normalized spacial score (nSPS) is 11.7. The lowest BCUT2D eigenvalue weighted by Gasteiger charge is -2.08. The minimum atomic E-state index is -3.42. The standard InChI is InChI=1S/C11H12FN3O2S/c1-7-5-8(12)3-4-9(7)15-11(13)10(6-14-15)18(2,16)17/h3-6H,13H2,1-2H3. The lowest BCUT2D eigenvalue weighted by molar-refractivity contribution is 0.602. The van der Waals surface area contributed by atoms with Crippen molar-refractivity contribution < 1.29 is 12.8 Å². The van der Waals surface area contributed by atoms with Crippen molar-refractivity contribution in [3.8, 4) is 5.69 Å². The number of aryl methyl sites for hydroxylation is 1. The van der Waals surface area contributed by atoms with Crippen molar-refractivity contribution in [2.24, 2.45) is 0 Å². The molecule has 0 amide bonds. The second-order valence-corrected chi connectivity index (χ2v) is 5.99. The SMILES string of the molecule is Cc1cc(F)ccc1-n1ncc(S(C)(=O)=O)c1N. The van der Waals surface area contributed by atoms with Gasteiger partial charge in [-0.3, -0.25) is 0 Å². The van der Waals surface area contributed by atoms with Crippen LogP contribution in [0.5, 0.6) is 0 Å². The summed E-state index contributed by atoms with van der Waals surface area (Å²) in [7, 11) is -3.42. The van der Waals surface area contributed by atoms with Crippen molar-refractivity contribution in [3.05, 3.63) is 35.8 Å². The molecule has 7 heteroatoms. The van der Waals surface area contributed by atoms with Crippen LogP contribution in [-0.2, 0) is 9.84 Å². The van der Waals surface area contributed by atoms with Gasteiger partial charge in [-0.15, -0.1) is 0 Å². The summed E-state index contributed by atoms with van der Waals surface area (Å²) in [5.74, 6) is -0.350. The minimum Gasteiger partial charge on any atom is -0.382 e. The number of rotatable bonds is 2. The van der Waals surface area contributed by atoms with E-state index >= 15 is 0 Å². The molecule has 2 N–H and O–H groups in total. The molecular formula is C11H12FN3O2S. The molecule has 1 aromatic carbocycles. The molecule has 0 aliphatic carbocycles. The Labute approximate surface area is 104 Å². The van der Waals surface area contributed by atoms with E-state index in [1.807, 2.05) is 0 Å². The highest BCUT2D eigenvalue weighted by atomic mass is 32.2. The molecule has 0 bridgehead atoms. The summed E-state index contributed by atoms with van der Waals surface area (Å²) in [6, 6.07) is 4.10. The van der Waals surface area contributed by atoms with Crippen molar-refractivity contribution in [2.75, 3.05) is 12.0 Å². The van der Waals surface area contributed by atoms with Crippen LogP contribution in [0.15, 0.2) is 29.3 Å². The molecule has 0 aliphatic rings. The van der Waals surface area contributed by atoms with Crippen molar-refractivity contribution >= 4 is 15.7 Å². The number of hydrogen-bond acceptors (Lipinski definition) is 4. The first-order valence-corrected chi connectivity index (χ1v) is 7.00. The second kappa shape index (κ2) is 4.09. The van der Waals surface area contributed by atoms with Gasteiger partial charge in [0.1, 0.15) is 16.5 Å². The fraction of sp³-hybridized carbons (Fsp3) is 0.182. The van der Waals surface area contributed by atoms with Gasteiger partial charge in [0, 0.05) is 6.26 Å². The van der Waals surface area contributed by atoms with Gasteiger partial charge >= 0.3 is 0 Å². The van der Waals surface area contributed by atoms with Crippen LogP contribution in [0.2, 0.25) is 0 Å². The molecule has 0 radical (unpaired) electrons. The van der Waals surface area contributed by atoms with Gasteiger partial charge in [0.2, 0.25) is 0 Å². The number of nitrogens with zero attached hydrogens (tertiary/aromatic N) is 2. The number of anilines is 1. The average molecular weight is 269 g/mol. The van der Waals surface area contributed by atoms with Crippen molar-refractivity contribution in [1.29, 1.82) is 0 Å². The maximum atomic E-state index is 13.0. The van der Waals surface area contributed by atoms with Gasteiger partial charge in [-0.2, -0.15) is 5.10 Å². The van der Waals surface area contributed by atoms with Crippen molar-refractivity contribution in [3.63, 3.8) is 0 Å². The molecule has 0 fully saturated rings. The molecule has 18 heavy (non-hydrogen) atoms. The molecule has 0 aliphatic heterocycles. The van der Waals surface area contributed by atoms with Gasteiger partial charge in [0.05, 0.1) is 11.9 Å². The quantitative estimate of drug-likeness (QED) is 0.891. The molecule has 2 rings (SSSR count). The Kier molecular flexibility index (Phi) is 2.86. The summed E-state index contributed by atoms with van der Waals surface area (Å²) in [6.45, 7) is 1.69. The first-order chi connectivity index (χ1) is 8.30. The second-order valence-electron chi connectivity index (χ2n) is 4.01. The van der Waals surface area contributed by atoms with Crippen LogP contribution in [0.25, 0.3) is 5.69 Å². The van der Waals surface area contributed by atoms with E-state index < -0.39 is 9.84 Å². The average Bonchev–Trinajstić information content (AvgIpc) is 2.60. The number of nitrogen functional groups attached to an aromatic ring is 1. The van der Waals surface area contributed by atoms with Gasteiger partial charge in [-0.1, -0.05) is 0 Å². The number of halogens is 1. The summed E-state index contributed by atoms with van der Waals surface area (Å²) in [4.78, 5) is -0.0359. The molecule has 5 nitrogen and oxygen atoms in total. The minimum absolute atomic E-state index is 0.0206. The Balaban J connectivity index is 2.63. The molecule has 0 spiro atoms. The highest BCUT2D eigenvalue weighted by molar-refractivity contribution is 7.90. The molecule has 0 unspecified atom stereocenters. The van der Waals surface area contributed by atoms with E-state index in [-0.39, 0.29) is 16.5 Å². The van der Waals surface area contributed by atoms with E-state index in [1.165, 1.54) is 29.1 Å². The van der Waals surface area contributed by atoms with Crippen molar-refractivity contribution in [2.45, 2.75) is 11.8 Å². The third-order valence-corrected chi connectivity index (χ3v) is 3.67. The summed E-state index contributed by atoms with van der Waals surface area (Å²) in [5, 5.41) is 3.93. The van der Waals surface area contributed by atoms with E-state index in [0.29, 0.717) is 11.3 Å². The summed E-state index contributed by atoms with van der Waals surface area (Å²) < 4.78 is 37.2. The molecular weight excluding hydrogens is 257 g/mol. The lowest BCUT2D eigenvalue weighted by Crippen LogP contribution is -2.06. The first-order valence-electron chi connectivity index (χ1n) is 5.11. The summed E-state index contributed by atoms with van der Waals surface area (Å²) in [6.07, 6.45) is 2.25. The van der Waals surface area contributed by atoms with Crippen LogP contribution in [0.3, 0.4) is 0 Å². The first kappa shape index (κ1) is 12.6. The molecule has 2 aromatic rings. The fourth-order valence-corrected chi connectivity index (χ4v) is 2.38. The fourth-order valence-electron chi connectivity index (χ4n) is 1.68. The largest absolute Gasteiger partial charge is 0.382 e. The Morgan fingerprint density at radius 2 is 2.06 bits per heavy atom. The molecule has 1 aromatic heterocycles. The Hall–Kier alpha value is -1.89. The zero-order valence-corrected chi connectivity index (χ0v) is 10.7. The van der Waals surface area contributed by atoms with E-state index in [4.69, 9.17) is 5.73 Å². The van der Waals surface area contributed by atoms with Gasteiger partial charge in [0.15, 0.2) is 9.84 Å². The highest BCUT2D eigenvalue weighted by Crippen LogP contribution is 2.23. The molecule has 0 saturated carbocycles. The molecule has 1 heterocycles. The monoisotopic (exact) mass is 269 g/mol. The third kappa shape index (κ3) is 2.08. The number of nitrogens with two attached hydrogens (primary N) is 1. The van der Waals surface area contributed by atoms with E-state index in [1.54, 1.807) is 6.92 Å². The van der Waals surface area contributed by atoms with Gasteiger partial charge < -0.3 is 5.73 Å². The van der Waals surface area contributed by atoms with Gasteiger partial charge in [0.25, 0.3) is 0 Å². The predicted octanol–water partition coefficient (Wildman–Crippen LogP) is 1.31. The highest BCUT2D eigenvalue weighted by Gasteiger charge is 2.18. The van der Waals surface area contributed by atoms with E-state index in [0.717, 1.165) is 6.26 Å². The Morgan fingerprint density at radius 1 is 1.39 bits per heavy atom. The van der Waals surface area contributed by atoms with Crippen LogP contribution in [0.1, 0.15) is 5.56 Å². The smallest absolute Gasteiger partial charge is 0.180 e. The van der Waals surface area contributed by atoms with Crippen LogP contribution < -0.4 is 5.73 Å². The Morgan fingerprint density at radius 3 is 2.56 bits per heavy atom. The summed E-state index contributed by atoms with van der Waals surface area (Å²) >= 11 is 0. The van der Waals surface area contributed by atoms with Crippen LogP contribution in [0, 0.1) is 12.7 Å². The van der Waals surface area contributed by atoms with Crippen LogP contribution in [-0.4, -0.2) is 24.5 Å². The van der Waals surface area contributed by atoms with Crippen molar-refractivity contribution in [1.82, 2.24) is 9.78 Å². The zero-order valence-electron chi connectivity index (χ0n) is 9.88. The molecule has 96 valence electrons. The number of benzene rings is 1. The predicted molar refractivity (Wildman–Crippen MR) is 65.8 cm³/mol. The van der Waals surface area contributed by atoms with Crippen LogP contribution in [0.4, 0.5) is 10.2 Å². The Bertz CT molecular complexity index is 707. The topological polar surface area (TPSA) is 78.0 Å².